The molecule has 1 aliphatic rings. The summed E-state index contributed by atoms with van der Waals surface area (Å²) in [5.41, 5.74) is 2.28. The van der Waals surface area contributed by atoms with Crippen LogP contribution in [0.3, 0.4) is 0 Å². The van der Waals surface area contributed by atoms with Crippen LogP contribution in [0, 0.1) is 6.92 Å². The number of carbonyl (C=O) groups is 2. The standard InChI is InChI=1S/C16H12N4O4S/c1-8-4-11(20-24-8)15(22)19-16-18-12(7-25-16)9-2-3-13-10(5-9)17-14(21)6-23-13/h2-5,7H,6H2,1H3,(H,17,21)(H,18,19,22). The Balaban J connectivity index is 1.54. The maximum atomic E-state index is 12.1. The van der Waals surface area contributed by atoms with Gasteiger partial charge in [-0.1, -0.05) is 5.16 Å². The largest absolute Gasteiger partial charge is 0.482 e. The summed E-state index contributed by atoms with van der Waals surface area (Å²) >= 11 is 1.29. The first-order valence-electron chi connectivity index (χ1n) is 7.36. The molecule has 0 unspecified atom stereocenters. The second kappa shape index (κ2) is 6.02. The van der Waals surface area contributed by atoms with Crippen molar-refractivity contribution >= 4 is 34.0 Å². The molecule has 8 nitrogen and oxygen atoms in total. The molecule has 0 radical (unpaired) electrons. The number of rotatable bonds is 3. The number of amides is 2. The highest BCUT2D eigenvalue weighted by molar-refractivity contribution is 7.14. The van der Waals surface area contributed by atoms with Crippen LogP contribution in [0.4, 0.5) is 10.8 Å². The number of fused-ring (bicyclic) bond motifs is 1. The number of nitrogens with one attached hydrogen (secondary N) is 2. The Morgan fingerprint density at radius 1 is 1.36 bits per heavy atom. The third-order valence-corrected chi connectivity index (χ3v) is 4.25. The molecular formula is C16H12N4O4S. The molecule has 0 saturated carbocycles. The van der Waals surface area contributed by atoms with E-state index in [-0.39, 0.29) is 24.1 Å². The van der Waals surface area contributed by atoms with Crippen LogP contribution in [0.1, 0.15) is 16.2 Å². The lowest BCUT2D eigenvalue weighted by Gasteiger charge is -2.18. The molecule has 3 aromatic rings. The van der Waals surface area contributed by atoms with E-state index < -0.39 is 0 Å². The maximum Gasteiger partial charge on any atom is 0.279 e. The van der Waals surface area contributed by atoms with Crippen molar-refractivity contribution in [2.45, 2.75) is 6.92 Å². The molecule has 0 aliphatic carbocycles. The van der Waals surface area contributed by atoms with Gasteiger partial charge in [0.05, 0.1) is 11.4 Å². The van der Waals surface area contributed by atoms with Gasteiger partial charge in [-0.25, -0.2) is 4.98 Å². The van der Waals surface area contributed by atoms with Crippen molar-refractivity contribution in [1.82, 2.24) is 10.1 Å². The molecule has 0 fully saturated rings. The van der Waals surface area contributed by atoms with Crippen molar-refractivity contribution in [2.24, 2.45) is 0 Å². The zero-order valence-corrected chi connectivity index (χ0v) is 13.8. The second-order valence-electron chi connectivity index (χ2n) is 5.36. The fraction of sp³-hybridized carbons (Fsp3) is 0.125. The topological polar surface area (TPSA) is 106 Å². The highest BCUT2D eigenvalue weighted by atomic mass is 32.1. The quantitative estimate of drug-likeness (QED) is 0.747. The number of carbonyl (C=O) groups excluding carboxylic acids is 2. The van der Waals surface area contributed by atoms with Gasteiger partial charge >= 0.3 is 0 Å². The van der Waals surface area contributed by atoms with Crippen molar-refractivity contribution in [2.75, 3.05) is 17.2 Å². The molecule has 1 aliphatic heterocycles. The molecule has 0 bridgehead atoms. The predicted octanol–water partition coefficient (Wildman–Crippen LogP) is 2.69. The third kappa shape index (κ3) is 3.09. The lowest BCUT2D eigenvalue weighted by Crippen LogP contribution is -2.25. The van der Waals surface area contributed by atoms with Crippen molar-refractivity contribution < 1.29 is 18.8 Å². The molecule has 2 aromatic heterocycles. The van der Waals surface area contributed by atoms with Crippen LogP contribution in [0.25, 0.3) is 11.3 Å². The van der Waals surface area contributed by atoms with Crippen molar-refractivity contribution in [1.29, 1.82) is 0 Å². The van der Waals surface area contributed by atoms with Gasteiger partial charge in [0.15, 0.2) is 17.4 Å². The van der Waals surface area contributed by atoms with Gasteiger partial charge < -0.3 is 14.6 Å². The van der Waals surface area contributed by atoms with Crippen LogP contribution in [0.15, 0.2) is 34.2 Å². The van der Waals surface area contributed by atoms with E-state index in [4.69, 9.17) is 9.26 Å². The maximum absolute atomic E-state index is 12.1. The fourth-order valence-electron chi connectivity index (χ4n) is 2.34. The van der Waals surface area contributed by atoms with Gasteiger partial charge in [-0.2, -0.15) is 0 Å². The molecule has 2 amide bonds. The van der Waals surface area contributed by atoms with E-state index in [1.807, 2.05) is 11.4 Å². The van der Waals surface area contributed by atoms with E-state index in [0.717, 1.165) is 5.56 Å². The number of thiazole rings is 1. The molecular weight excluding hydrogens is 344 g/mol. The fourth-order valence-corrected chi connectivity index (χ4v) is 3.06. The number of ether oxygens (including phenoxy) is 1. The average molecular weight is 356 g/mol. The Morgan fingerprint density at radius 2 is 2.24 bits per heavy atom. The first kappa shape index (κ1) is 15.3. The van der Waals surface area contributed by atoms with E-state index in [0.29, 0.717) is 28.0 Å². The van der Waals surface area contributed by atoms with Crippen molar-refractivity contribution in [3.63, 3.8) is 0 Å². The summed E-state index contributed by atoms with van der Waals surface area (Å²) in [7, 11) is 0. The summed E-state index contributed by atoms with van der Waals surface area (Å²) in [6.45, 7) is 1.73. The highest BCUT2D eigenvalue weighted by Crippen LogP contribution is 2.33. The van der Waals surface area contributed by atoms with Crippen LogP contribution >= 0.6 is 11.3 Å². The number of aromatic nitrogens is 2. The Hall–Kier alpha value is -3.20. The zero-order chi connectivity index (χ0) is 17.4. The minimum Gasteiger partial charge on any atom is -0.482 e. The molecule has 126 valence electrons. The van der Waals surface area contributed by atoms with E-state index in [1.54, 1.807) is 25.1 Å². The molecule has 0 saturated heterocycles. The van der Waals surface area contributed by atoms with Crippen molar-refractivity contribution in [3.05, 3.63) is 41.1 Å². The lowest BCUT2D eigenvalue weighted by atomic mass is 10.1. The normalized spacial score (nSPS) is 12.9. The van der Waals surface area contributed by atoms with Crippen LogP contribution in [-0.4, -0.2) is 28.6 Å². The Bertz CT molecular complexity index is 978. The average Bonchev–Trinajstić information content (AvgIpc) is 3.23. The zero-order valence-electron chi connectivity index (χ0n) is 13.0. The molecule has 0 spiro atoms. The Labute approximate surface area is 145 Å². The van der Waals surface area contributed by atoms with Gasteiger partial charge in [0.25, 0.3) is 11.8 Å². The molecule has 25 heavy (non-hydrogen) atoms. The van der Waals surface area contributed by atoms with Gasteiger partial charge in [0, 0.05) is 17.0 Å². The van der Waals surface area contributed by atoms with Gasteiger partial charge in [-0.05, 0) is 25.1 Å². The number of anilines is 2. The smallest absolute Gasteiger partial charge is 0.279 e. The molecule has 9 heteroatoms. The molecule has 0 atom stereocenters. The van der Waals surface area contributed by atoms with Crippen LogP contribution in [0.5, 0.6) is 5.75 Å². The van der Waals surface area contributed by atoms with E-state index >= 15 is 0 Å². The SMILES string of the molecule is Cc1cc(C(=O)Nc2nc(-c3ccc4c(c3)NC(=O)CO4)cs2)no1. The summed E-state index contributed by atoms with van der Waals surface area (Å²) < 4.78 is 10.2. The summed E-state index contributed by atoms with van der Waals surface area (Å²) in [6, 6.07) is 6.96. The van der Waals surface area contributed by atoms with E-state index in [9.17, 15) is 9.59 Å². The minimum absolute atomic E-state index is 0.0146. The molecule has 3 heterocycles. The van der Waals surface area contributed by atoms with Crippen LogP contribution < -0.4 is 15.4 Å². The van der Waals surface area contributed by atoms with E-state index in [1.165, 1.54) is 11.3 Å². The summed E-state index contributed by atoms with van der Waals surface area (Å²) in [6.07, 6.45) is 0. The lowest BCUT2D eigenvalue weighted by molar-refractivity contribution is -0.118. The van der Waals surface area contributed by atoms with E-state index in [2.05, 4.69) is 20.8 Å². The number of benzene rings is 1. The Morgan fingerprint density at radius 3 is 3.04 bits per heavy atom. The first-order valence-corrected chi connectivity index (χ1v) is 8.24. The van der Waals surface area contributed by atoms with Crippen LogP contribution in [-0.2, 0) is 4.79 Å². The van der Waals surface area contributed by atoms with Gasteiger partial charge in [0.2, 0.25) is 0 Å². The van der Waals surface area contributed by atoms with Gasteiger partial charge in [-0.15, -0.1) is 11.3 Å². The number of nitrogens with zero attached hydrogens (tertiary/aromatic N) is 2. The molecule has 4 rings (SSSR count). The second-order valence-corrected chi connectivity index (χ2v) is 6.22. The Kier molecular flexibility index (Phi) is 3.69. The highest BCUT2D eigenvalue weighted by Gasteiger charge is 2.18. The van der Waals surface area contributed by atoms with Crippen LogP contribution in [0.2, 0.25) is 0 Å². The predicted molar refractivity (Wildman–Crippen MR) is 90.9 cm³/mol. The summed E-state index contributed by atoms with van der Waals surface area (Å²) in [4.78, 5) is 27.9. The van der Waals surface area contributed by atoms with Crippen molar-refractivity contribution in [3.8, 4) is 17.0 Å². The molecule has 1 aromatic carbocycles. The first-order chi connectivity index (χ1) is 12.1. The summed E-state index contributed by atoms with van der Waals surface area (Å²) in [5.74, 6) is 0.597. The number of aryl methyl sites for hydroxylation is 1. The molecule has 2 N–H and O–H groups in total. The number of hydrogen-bond acceptors (Lipinski definition) is 7. The monoisotopic (exact) mass is 356 g/mol. The summed E-state index contributed by atoms with van der Waals surface area (Å²) in [5, 5.41) is 11.4. The van der Waals surface area contributed by atoms with Gasteiger partial charge in [-0.3, -0.25) is 14.9 Å². The van der Waals surface area contributed by atoms with Gasteiger partial charge in [0.1, 0.15) is 11.5 Å². The minimum atomic E-state index is -0.385. The third-order valence-electron chi connectivity index (χ3n) is 3.49. The number of hydrogen-bond donors (Lipinski definition) is 2.